The molecule has 0 saturated heterocycles. The van der Waals surface area contributed by atoms with Crippen molar-refractivity contribution in [1.29, 1.82) is 0 Å². The second-order valence-corrected chi connectivity index (χ2v) is 10.7. The Morgan fingerprint density at radius 2 is 1.93 bits per heavy atom. The second-order valence-electron chi connectivity index (χ2n) is 10.7. The zero-order chi connectivity index (χ0) is 19.4. The quantitative estimate of drug-likeness (QED) is 0.760. The van der Waals surface area contributed by atoms with E-state index in [0.717, 1.165) is 24.0 Å². The van der Waals surface area contributed by atoms with Crippen LogP contribution >= 0.6 is 0 Å². The van der Waals surface area contributed by atoms with Crippen molar-refractivity contribution < 1.29 is 9.90 Å². The second kappa shape index (κ2) is 6.32. The molecule has 3 nitrogen and oxygen atoms in total. The third kappa shape index (κ3) is 2.93. The van der Waals surface area contributed by atoms with Gasteiger partial charge in [0.1, 0.15) is 0 Å². The number of aromatic nitrogens is 1. The Bertz CT molecular complexity index is 755. The Morgan fingerprint density at radius 1 is 1.15 bits per heavy atom. The summed E-state index contributed by atoms with van der Waals surface area (Å²) in [6.07, 6.45) is 11.8. The van der Waals surface area contributed by atoms with E-state index in [4.69, 9.17) is 5.11 Å². The molecular formula is C24H35NO2. The minimum absolute atomic E-state index is 0.167. The maximum atomic E-state index is 11.0. The third-order valence-electron chi connectivity index (χ3n) is 8.75. The molecule has 2 fully saturated rings. The lowest BCUT2D eigenvalue weighted by Crippen LogP contribution is -2.57. The Kier molecular flexibility index (Phi) is 4.44. The van der Waals surface area contributed by atoms with Gasteiger partial charge in [-0.1, -0.05) is 34.1 Å². The molecule has 3 aliphatic carbocycles. The highest BCUT2D eigenvalue weighted by atomic mass is 16.4. The zero-order valence-electron chi connectivity index (χ0n) is 17.5. The Morgan fingerprint density at radius 3 is 2.67 bits per heavy atom. The monoisotopic (exact) mass is 369 g/mol. The highest BCUT2D eigenvalue weighted by Crippen LogP contribution is 2.66. The maximum Gasteiger partial charge on any atom is 0.303 e. The van der Waals surface area contributed by atoms with Gasteiger partial charge in [0.25, 0.3) is 0 Å². The van der Waals surface area contributed by atoms with Crippen LogP contribution in [-0.2, 0) is 23.1 Å². The minimum atomic E-state index is -0.740. The van der Waals surface area contributed by atoms with Crippen LogP contribution in [0.1, 0.15) is 89.5 Å². The van der Waals surface area contributed by atoms with Crippen molar-refractivity contribution in [2.24, 2.45) is 22.7 Å². The normalized spacial score (nSPS) is 37.0. The maximum absolute atomic E-state index is 11.0. The van der Waals surface area contributed by atoms with Gasteiger partial charge in [0.2, 0.25) is 0 Å². The van der Waals surface area contributed by atoms with Crippen molar-refractivity contribution in [2.45, 2.75) is 90.9 Å². The summed E-state index contributed by atoms with van der Waals surface area (Å²) in [5, 5.41) is 9.04. The van der Waals surface area contributed by atoms with Crippen molar-refractivity contribution in [2.75, 3.05) is 0 Å². The van der Waals surface area contributed by atoms with Crippen LogP contribution in [-0.4, -0.2) is 16.1 Å². The van der Waals surface area contributed by atoms with Crippen molar-refractivity contribution in [1.82, 2.24) is 4.98 Å². The van der Waals surface area contributed by atoms with E-state index in [1.54, 1.807) is 0 Å². The first kappa shape index (κ1) is 19.0. The fourth-order valence-electron chi connectivity index (χ4n) is 7.55. The van der Waals surface area contributed by atoms with Gasteiger partial charge in [0.05, 0.1) is 6.42 Å². The summed E-state index contributed by atoms with van der Waals surface area (Å²) in [7, 11) is 0. The number of carboxylic acids is 1. The molecule has 0 aromatic carbocycles. The van der Waals surface area contributed by atoms with Gasteiger partial charge in [-0.3, -0.25) is 9.78 Å². The van der Waals surface area contributed by atoms with Gasteiger partial charge in [-0.25, -0.2) is 0 Å². The SMILES string of the molecule is CC1(C)CCC[C@@]2(C)C1CC[C@@]1(C)c3cc(CCC(=O)O)ncc3CCC21. The molecule has 1 N–H and O–H groups in total. The number of nitrogens with zero attached hydrogens (tertiary/aromatic N) is 1. The van der Waals surface area contributed by atoms with Crippen LogP contribution in [0.3, 0.4) is 0 Å². The summed E-state index contributed by atoms with van der Waals surface area (Å²) in [4.78, 5) is 15.6. The summed E-state index contributed by atoms with van der Waals surface area (Å²) in [5.74, 6) is 0.813. The number of hydrogen-bond donors (Lipinski definition) is 1. The van der Waals surface area contributed by atoms with E-state index in [9.17, 15) is 4.79 Å². The summed E-state index contributed by atoms with van der Waals surface area (Å²) < 4.78 is 0. The summed E-state index contributed by atoms with van der Waals surface area (Å²) in [6, 6.07) is 2.27. The van der Waals surface area contributed by atoms with E-state index in [0.29, 0.717) is 17.3 Å². The number of fused-ring (bicyclic) bond motifs is 5. The molecule has 2 unspecified atom stereocenters. The molecule has 27 heavy (non-hydrogen) atoms. The molecular weight excluding hydrogens is 334 g/mol. The van der Waals surface area contributed by atoms with Crippen LogP contribution in [0.25, 0.3) is 0 Å². The number of carbonyl (C=O) groups is 1. The van der Waals surface area contributed by atoms with Crippen molar-refractivity contribution in [3.63, 3.8) is 0 Å². The summed E-state index contributed by atoms with van der Waals surface area (Å²) >= 11 is 0. The zero-order valence-corrected chi connectivity index (χ0v) is 17.5. The first-order chi connectivity index (χ1) is 12.7. The molecule has 0 spiro atoms. The molecule has 0 radical (unpaired) electrons. The molecule has 2 saturated carbocycles. The van der Waals surface area contributed by atoms with Gasteiger partial charge in [-0.2, -0.15) is 0 Å². The van der Waals surface area contributed by atoms with Gasteiger partial charge in [-0.05, 0) is 83.8 Å². The number of pyridine rings is 1. The predicted octanol–water partition coefficient (Wildman–Crippen LogP) is 5.55. The summed E-state index contributed by atoms with van der Waals surface area (Å²) in [5.41, 5.74) is 4.94. The van der Waals surface area contributed by atoms with E-state index in [1.807, 2.05) is 6.20 Å². The fourth-order valence-corrected chi connectivity index (χ4v) is 7.55. The highest BCUT2D eigenvalue weighted by molar-refractivity contribution is 5.67. The molecule has 4 rings (SSSR count). The molecule has 0 bridgehead atoms. The number of hydrogen-bond acceptors (Lipinski definition) is 2. The molecule has 1 aromatic heterocycles. The fraction of sp³-hybridized carbons (Fsp3) is 0.750. The molecule has 3 heteroatoms. The van der Waals surface area contributed by atoms with Crippen molar-refractivity contribution >= 4 is 5.97 Å². The average molecular weight is 370 g/mol. The Labute approximate surface area is 164 Å². The molecule has 1 heterocycles. The first-order valence-electron chi connectivity index (χ1n) is 10.9. The van der Waals surface area contributed by atoms with E-state index in [2.05, 4.69) is 38.7 Å². The molecule has 1 aromatic rings. The molecule has 3 aliphatic rings. The minimum Gasteiger partial charge on any atom is -0.481 e. The number of aliphatic carboxylic acids is 1. The number of aryl methyl sites for hydroxylation is 2. The van der Waals surface area contributed by atoms with Crippen molar-refractivity contribution in [3.05, 3.63) is 29.1 Å². The standard InChI is InChI=1S/C24H35NO2/c1-22(2)11-5-12-24(4)19(22)10-13-23(3)18-14-17(7-9-21(26)27)25-15-16(18)6-8-20(23)24/h14-15,19-20H,5-13H2,1-4H3,(H,26,27)/t19?,20?,23-,24-/m0/s1. The first-order valence-corrected chi connectivity index (χ1v) is 10.9. The molecule has 148 valence electrons. The van der Waals surface area contributed by atoms with Crippen LogP contribution in [0.5, 0.6) is 0 Å². The highest BCUT2D eigenvalue weighted by Gasteiger charge is 2.59. The number of carboxylic acid groups (broad SMARTS) is 1. The van der Waals surface area contributed by atoms with Crippen molar-refractivity contribution in [3.8, 4) is 0 Å². The average Bonchev–Trinajstić information content (AvgIpc) is 2.59. The van der Waals surface area contributed by atoms with Gasteiger partial charge < -0.3 is 5.11 Å². The van der Waals surface area contributed by atoms with Crippen LogP contribution in [0, 0.1) is 22.7 Å². The lowest BCUT2D eigenvalue weighted by Gasteiger charge is -2.64. The van der Waals surface area contributed by atoms with Gasteiger partial charge in [-0.15, -0.1) is 0 Å². The van der Waals surface area contributed by atoms with E-state index >= 15 is 0 Å². The predicted molar refractivity (Wildman–Crippen MR) is 108 cm³/mol. The van der Waals surface area contributed by atoms with E-state index < -0.39 is 5.97 Å². The molecule has 4 atom stereocenters. The van der Waals surface area contributed by atoms with E-state index in [1.165, 1.54) is 49.7 Å². The smallest absolute Gasteiger partial charge is 0.303 e. The van der Waals surface area contributed by atoms with Gasteiger partial charge in [0, 0.05) is 18.3 Å². The van der Waals surface area contributed by atoms with Gasteiger partial charge in [0.15, 0.2) is 0 Å². The molecule has 0 amide bonds. The topological polar surface area (TPSA) is 50.2 Å². The lowest BCUT2D eigenvalue weighted by molar-refractivity contribution is -0.136. The summed E-state index contributed by atoms with van der Waals surface area (Å²) in [6.45, 7) is 10.1. The van der Waals surface area contributed by atoms with E-state index in [-0.39, 0.29) is 11.8 Å². The largest absolute Gasteiger partial charge is 0.481 e. The van der Waals surface area contributed by atoms with Gasteiger partial charge >= 0.3 is 5.97 Å². The van der Waals surface area contributed by atoms with Crippen LogP contribution in [0.4, 0.5) is 0 Å². The van der Waals surface area contributed by atoms with Crippen LogP contribution in [0.2, 0.25) is 0 Å². The molecule has 0 aliphatic heterocycles. The number of rotatable bonds is 3. The lowest BCUT2D eigenvalue weighted by atomic mass is 9.40. The Balaban J connectivity index is 1.71. The van der Waals surface area contributed by atoms with Crippen LogP contribution in [0.15, 0.2) is 12.3 Å². The third-order valence-corrected chi connectivity index (χ3v) is 8.75. The Hall–Kier alpha value is -1.38. The van der Waals surface area contributed by atoms with Crippen LogP contribution < -0.4 is 0 Å².